The Morgan fingerprint density at radius 3 is 1.38 bits per heavy atom. The van der Waals surface area contributed by atoms with Gasteiger partial charge >= 0.3 is 12.2 Å². The third-order valence-corrected chi connectivity index (χ3v) is 2.39. The first kappa shape index (κ1) is 14.5. The summed E-state index contributed by atoms with van der Waals surface area (Å²) in [4.78, 5) is 23.4. The van der Waals surface area contributed by atoms with E-state index in [1.807, 2.05) is 0 Å². The third kappa shape index (κ3) is 6.92. The Bertz CT molecular complexity index is 209. The van der Waals surface area contributed by atoms with Gasteiger partial charge in [-0.2, -0.15) is 0 Å². The molecule has 6 heteroatoms. The van der Waals surface area contributed by atoms with Gasteiger partial charge in [0, 0.05) is 27.2 Å². The van der Waals surface area contributed by atoms with Crippen LogP contribution in [0.3, 0.4) is 0 Å². The topological polar surface area (TPSA) is 81.1 Å². The monoisotopic (exact) mass is 232 g/mol. The van der Waals surface area contributed by atoms with Crippen LogP contribution in [0.15, 0.2) is 0 Å². The molecule has 0 rings (SSSR count). The largest absolute Gasteiger partial charge is 0.465 e. The van der Waals surface area contributed by atoms with E-state index < -0.39 is 12.2 Å². The first-order valence-electron chi connectivity index (χ1n) is 5.33. The molecule has 94 valence electrons. The predicted octanol–water partition coefficient (Wildman–Crippen LogP) is 1.77. The second-order valence-electron chi connectivity index (χ2n) is 3.82. The van der Waals surface area contributed by atoms with E-state index >= 15 is 0 Å². The van der Waals surface area contributed by atoms with Gasteiger partial charge in [0.15, 0.2) is 0 Å². The molecule has 0 aromatic heterocycles. The Morgan fingerprint density at radius 2 is 1.12 bits per heavy atom. The number of hydrogen-bond donors (Lipinski definition) is 2. The second-order valence-corrected chi connectivity index (χ2v) is 3.82. The Balaban J connectivity index is 3.34. The highest BCUT2D eigenvalue weighted by molar-refractivity contribution is 5.64. The fourth-order valence-electron chi connectivity index (χ4n) is 1.24. The predicted molar refractivity (Wildman–Crippen MR) is 59.8 cm³/mol. The van der Waals surface area contributed by atoms with E-state index in [2.05, 4.69) is 0 Å². The lowest BCUT2D eigenvalue weighted by Gasteiger charge is -2.13. The van der Waals surface area contributed by atoms with Gasteiger partial charge in [-0.3, -0.25) is 0 Å². The minimum absolute atomic E-state index is 0.532. The number of carbonyl (C=O) groups is 2. The van der Waals surface area contributed by atoms with Gasteiger partial charge in [0.2, 0.25) is 0 Å². The van der Waals surface area contributed by atoms with Gasteiger partial charge in [-0.05, 0) is 12.8 Å². The van der Waals surface area contributed by atoms with Gasteiger partial charge in [-0.1, -0.05) is 12.8 Å². The molecule has 6 nitrogen and oxygen atoms in total. The molecule has 0 heterocycles. The molecule has 0 fully saturated rings. The standard InChI is InChI=1S/C10H20N2O4/c1-11(9(13)14)7-5-3-4-6-8-12(2)10(15)16/h3-8H2,1-2H3,(H,13,14)(H,15,16). The molecular formula is C10H20N2O4. The van der Waals surface area contributed by atoms with Crippen molar-refractivity contribution in [3.8, 4) is 0 Å². The van der Waals surface area contributed by atoms with E-state index in [1.165, 1.54) is 9.80 Å². The lowest BCUT2D eigenvalue weighted by atomic mass is 10.2. The summed E-state index contributed by atoms with van der Waals surface area (Å²) in [6.07, 6.45) is 1.66. The van der Waals surface area contributed by atoms with Crippen molar-refractivity contribution in [1.29, 1.82) is 0 Å². The molecule has 0 aliphatic rings. The highest BCUT2D eigenvalue weighted by Gasteiger charge is 2.05. The highest BCUT2D eigenvalue weighted by atomic mass is 16.4. The molecule has 0 spiro atoms. The quantitative estimate of drug-likeness (QED) is 0.655. The fourth-order valence-corrected chi connectivity index (χ4v) is 1.24. The van der Waals surface area contributed by atoms with Crippen LogP contribution in [0.5, 0.6) is 0 Å². The van der Waals surface area contributed by atoms with E-state index in [-0.39, 0.29) is 0 Å². The molecule has 2 amide bonds. The van der Waals surface area contributed by atoms with E-state index in [1.54, 1.807) is 14.1 Å². The lowest BCUT2D eigenvalue weighted by Crippen LogP contribution is -2.26. The molecule has 0 saturated carbocycles. The molecule has 0 unspecified atom stereocenters. The minimum atomic E-state index is -0.911. The van der Waals surface area contributed by atoms with Crippen molar-refractivity contribution in [3.63, 3.8) is 0 Å². The van der Waals surface area contributed by atoms with Crippen LogP contribution in [0.25, 0.3) is 0 Å². The molecule has 0 radical (unpaired) electrons. The smallest absolute Gasteiger partial charge is 0.407 e. The molecule has 0 aromatic carbocycles. The van der Waals surface area contributed by atoms with Crippen LogP contribution < -0.4 is 0 Å². The van der Waals surface area contributed by atoms with E-state index in [4.69, 9.17) is 10.2 Å². The van der Waals surface area contributed by atoms with Crippen molar-refractivity contribution in [2.24, 2.45) is 0 Å². The lowest BCUT2D eigenvalue weighted by molar-refractivity contribution is 0.152. The summed E-state index contributed by atoms with van der Waals surface area (Å²) in [6, 6.07) is 0. The second kappa shape index (κ2) is 7.78. The molecule has 0 bridgehead atoms. The van der Waals surface area contributed by atoms with Crippen molar-refractivity contribution in [2.75, 3.05) is 27.2 Å². The number of rotatable bonds is 7. The highest BCUT2D eigenvalue weighted by Crippen LogP contribution is 2.02. The van der Waals surface area contributed by atoms with E-state index in [0.717, 1.165) is 25.7 Å². The zero-order chi connectivity index (χ0) is 12.6. The van der Waals surface area contributed by atoms with Crippen LogP contribution in [-0.4, -0.2) is 59.4 Å². The Kier molecular flexibility index (Phi) is 7.07. The van der Waals surface area contributed by atoms with Crippen molar-refractivity contribution in [2.45, 2.75) is 25.7 Å². The molecule has 16 heavy (non-hydrogen) atoms. The average Bonchev–Trinajstić information content (AvgIpc) is 2.21. The summed E-state index contributed by atoms with van der Waals surface area (Å²) in [5, 5.41) is 17.1. The molecule has 2 N–H and O–H groups in total. The van der Waals surface area contributed by atoms with Crippen LogP contribution in [0.1, 0.15) is 25.7 Å². The van der Waals surface area contributed by atoms with Crippen LogP contribution in [0.2, 0.25) is 0 Å². The van der Waals surface area contributed by atoms with Crippen molar-refractivity contribution >= 4 is 12.2 Å². The summed E-state index contributed by atoms with van der Waals surface area (Å²) in [7, 11) is 3.08. The summed E-state index contributed by atoms with van der Waals surface area (Å²) in [5.74, 6) is 0. The number of amides is 2. The summed E-state index contributed by atoms with van der Waals surface area (Å²) in [6.45, 7) is 1.06. The number of carboxylic acid groups (broad SMARTS) is 2. The Morgan fingerprint density at radius 1 is 0.812 bits per heavy atom. The summed E-state index contributed by atoms with van der Waals surface area (Å²) >= 11 is 0. The van der Waals surface area contributed by atoms with Gasteiger partial charge in [-0.15, -0.1) is 0 Å². The van der Waals surface area contributed by atoms with E-state index in [9.17, 15) is 9.59 Å². The van der Waals surface area contributed by atoms with Gasteiger partial charge in [0.05, 0.1) is 0 Å². The number of hydrogen-bond acceptors (Lipinski definition) is 2. The maximum Gasteiger partial charge on any atom is 0.407 e. The Hall–Kier alpha value is -1.46. The molecular weight excluding hydrogens is 212 g/mol. The average molecular weight is 232 g/mol. The fraction of sp³-hybridized carbons (Fsp3) is 0.800. The van der Waals surface area contributed by atoms with E-state index in [0.29, 0.717) is 13.1 Å². The molecule has 0 aliphatic heterocycles. The Labute approximate surface area is 95.5 Å². The first-order chi connectivity index (χ1) is 7.45. The summed E-state index contributed by atoms with van der Waals surface area (Å²) < 4.78 is 0. The maximum atomic E-state index is 10.4. The van der Waals surface area contributed by atoms with Crippen LogP contribution in [0.4, 0.5) is 9.59 Å². The number of unbranched alkanes of at least 4 members (excludes halogenated alkanes) is 3. The SMILES string of the molecule is CN(CCCCCCN(C)C(=O)O)C(=O)O. The van der Waals surface area contributed by atoms with Crippen molar-refractivity contribution < 1.29 is 19.8 Å². The molecule has 0 aliphatic carbocycles. The van der Waals surface area contributed by atoms with Gasteiger partial charge in [0.25, 0.3) is 0 Å². The van der Waals surface area contributed by atoms with Crippen LogP contribution >= 0.6 is 0 Å². The zero-order valence-electron chi connectivity index (χ0n) is 9.85. The third-order valence-electron chi connectivity index (χ3n) is 2.39. The van der Waals surface area contributed by atoms with Crippen molar-refractivity contribution in [3.05, 3.63) is 0 Å². The van der Waals surface area contributed by atoms with Gasteiger partial charge in [0.1, 0.15) is 0 Å². The normalized spacial score (nSPS) is 9.88. The molecule has 0 atom stereocenters. The zero-order valence-corrected chi connectivity index (χ0v) is 9.85. The molecule has 0 aromatic rings. The minimum Gasteiger partial charge on any atom is -0.465 e. The maximum absolute atomic E-state index is 10.4. The van der Waals surface area contributed by atoms with Gasteiger partial charge < -0.3 is 20.0 Å². The summed E-state index contributed by atoms with van der Waals surface area (Å²) in [5.41, 5.74) is 0. The van der Waals surface area contributed by atoms with Crippen molar-refractivity contribution in [1.82, 2.24) is 9.80 Å². The van der Waals surface area contributed by atoms with Crippen LogP contribution in [0, 0.1) is 0 Å². The van der Waals surface area contributed by atoms with Gasteiger partial charge in [-0.25, -0.2) is 9.59 Å². The van der Waals surface area contributed by atoms with Crippen LogP contribution in [-0.2, 0) is 0 Å². The first-order valence-corrected chi connectivity index (χ1v) is 5.33. The number of nitrogens with zero attached hydrogens (tertiary/aromatic N) is 2. The molecule has 0 saturated heterocycles.